The van der Waals surface area contributed by atoms with Gasteiger partial charge in [-0.25, -0.2) is 4.39 Å². The molecule has 18 heavy (non-hydrogen) atoms. The molecule has 4 heteroatoms. The summed E-state index contributed by atoms with van der Waals surface area (Å²) in [6, 6.07) is 13.0. The van der Waals surface area contributed by atoms with Gasteiger partial charge >= 0.3 is 0 Å². The monoisotopic (exact) mass is 261 g/mol. The maximum atomic E-state index is 13.6. The molecule has 0 atom stereocenters. The van der Waals surface area contributed by atoms with E-state index in [-0.39, 0.29) is 11.6 Å². The molecule has 0 saturated carbocycles. The van der Waals surface area contributed by atoms with Crippen LogP contribution in [0.25, 0.3) is 0 Å². The van der Waals surface area contributed by atoms with Crippen molar-refractivity contribution in [3.8, 4) is 0 Å². The van der Waals surface area contributed by atoms with Gasteiger partial charge in [-0.15, -0.1) is 12.6 Å². The van der Waals surface area contributed by atoms with Crippen LogP contribution in [0.2, 0.25) is 0 Å². The summed E-state index contributed by atoms with van der Waals surface area (Å²) in [6.07, 6.45) is 0. The van der Waals surface area contributed by atoms with Crippen molar-refractivity contribution in [1.82, 2.24) is 0 Å². The fraction of sp³-hybridized carbons (Fsp3) is 0.0714. The topological polar surface area (TPSA) is 20.3 Å². The second-order valence-electron chi connectivity index (χ2n) is 3.86. The Morgan fingerprint density at radius 2 is 1.72 bits per heavy atom. The summed E-state index contributed by atoms with van der Waals surface area (Å²) in [6.45, 7) is 0. The van der Waals surface area contributed by atoms with E-state index in [1.54, 1.807) is 49.5 Å². The van der Waals surface area contributed by atoms with Gasteiger partial charge < -0.3 is 4.90 Å². The smallest absolute Gasteiger partial charge is 0.258 e. The average molecular weight is 261 g/mol. The first-order chi connectivity index (χ1) is 8.59. The molecule has 2 nitrogen and oxygen atoms in total. The lowest BCUT2D eigenvalue weighted by Gasteiger charge is -2.18. The van der Waals surface area contributed by atoms with Gasteiger partial charge in [-0.1, -0.05) is 12.1 Å². The molecule has 2 aromatic carbocycles. The maximum absolute atomic E-state index is 13.6. The Balaban J connectivity index is 2.29. The van der Waals surface area contributed by atoms with Crippen LogP contribution in [0.3, 0.4) is 0 Å². The van der Waals surface area contributed by atoms with Crippen molar-refractivity contribution >= 4 is 24.2 Å². The van der Waals surface area contributed by atoms with Gasteiger partial charge in [0.1, 0.15) is 5.82 Å². The number of thiol groups is 1. The van der Waals surface area contributed by atoms with Crippen molar-refractivity contribution in [3.63, 3.8) is 0 Å². The number of rotatable bonds is 2. The Labute approximate surface area is 110 Å². The summed E-state index contributed by atoms with van der Waals surface area (Å²) in [5, 5.41) is 0. The van der Waals surface area contributed by atoms with Crippen molar-refractivity contribution in [2.24, 2.45) is 0 Å². The molecule has 0 spiro atoms. The molecule has 2 rings (SSSR count). The molecule has 0 bridgehead atoms. The van der Waals surface area contributed by atoms with Crippen LogP contribution in [0.1, 0.15) is 10.4 Å². The highest BCUT2D eigenvalue weighted by molar-refractivity contribution is 7.80. The molecule has 0 fully saturated rings. The summed E-state index contributed by atoms with van der Waals surface area (Å²) in [5.41, 5.74) is 0.760. The minimum atomic E-state index is -0.417. The first kappa shape index (κ1) is 12.6. The maximum Gasteiger partial charge on any atom is 0.258 e. The lowest BCUT2D eigenvalue weighted by Crippen LogP contribution is -2.26. The molecular formula is C14H12FNOS. The van der Waals surface area contributed by atoms with E-state index in [1.165, 1.54) is 11.0 Å². The summed E-state index contributed by atoms with van der Waals surface area (Å²) in [7, 11) is 1.55. The van der Waals surface area contributed by atoms with E-state index >= 15 is 0 Å². The van der Waals surface area contributed by atoms with Crippen LogP contribution in [-0.4, -0.2) is 13.0 Å². The number of amides is 1. The Hall–Kier alpha value is -1.81. The third-order valence-corrected chi connectivity index (χ3v) is 2.93. The number of halogens is 1. The van der Waals surface area contributed by atoms with Gasteiger partial charge in [0, 0.05) is 17.5 Å². The highest BCUT2D eigenvalue weighted by atomic mass is 32.1. The molecule has 2 aromatic rings. The standard InChI is InChI=1S/C14H12FNOS/c1-16(13-5-3-2-4-12(13)15)14(17)10-6-8-11(18)9-7-10/h2-9,18H,1H3. The fourth-order valence-electron chi connectivity index (χ4n) is 1.63. The van der Waals surface area contributed by atoms with Crippen LogP contribution in [0.4, 0.5) is 10.1 Å². The Bertz CT molecular complexity index is 568. The molecule has 92 valence electrons. The van der Waals surface area contributed by atoms with Crippen molar-refractivity contribution in [2.45, 2.75) is 4.90 Å². The largest absolute Gasteiger partial charge is 0.309 e. The summed E-state index contributed by atoms with van der Waals surface area (Å²) in [5.74, 6) is -0.674. The summed E-state index contributed by atoms with van der Waals surface area (Å²) < 4.78 is 13.6. The SMILES string of the molecule is CN(C(=O)c1ccc(S)cc1)c1ccccc1F. The molecule has 0 radical (unpaired) electrons. The van der Waals surface area contributed by atoms with Crippen LogP contribution >= 0.6 is 12.6 Å². The first-order valence-electron chi connectivity index (χ1n) is 5.41. The predicted octanol–water partition coefficient (Wildman–Crippen LogP) is 3.39. The van der Waals surface area contributed by atoms with Crippen molar-refractivity contribution < 1.29 is 9.18 Å². The third kappa shape index (κ3) is 2.54. The van der Waals surface area contributed by atoms with Crippen molar-refractivity contribution in [2.75, 3.05) is 11.9 Å². The summed E-state index contributed by atoms with van der Waals surface area (Å²) in [4.78, 5) is 14.2. The Morgan fingerprint density at radius 3 is 2.33 bits per heavy atom. The minimum absolute atomic E-state index is 0.256. The number of para-hydroxylation sites is 1. The molecule has 1 amide bonds. The van der Waals surface area contributed by atoms with Gasteiger partial charge in [-0.05, 0) is 36.4 Å². The summed E-state index contributed by atoms with van der Waals surface area (Å²) >= 11 is 4.15. The molecule has 0 aliphatic heterocycles. The van der Waals surface area contributed by atoms with Crippen molar-refractivity contribution in [3.05, 3.63) is 59.9 Å². The van der Waals surface area contributed by atoms with Gasteiger partial charge in [-0.3, -0.25) is 4.79 Å². The van der Waals surface area contributed by atoms with E-state index in [0.29, 0.717) is 5.56 Å². The van der Waals surface area contributed by atoms with Crippen LogP contribution in [0, 0.1) is 5.82 Å². The lowest BCUT2D eigenvalue weighted by molar-refractivity contribution is 0.0992. The minimum Gasteiger partial charge on any atom is -0.309 e. The first-order valence-corrected chi connectivity index (χ1v) is 5.86. The normalized spacial score (nSPS) is 10.2. The second-order valence-corrected chi connectivity index (χ2v) is 4.38. The number of carbonyl (C=O) groups is 1. The van der Waals surface area contributed by atoms with Gasteiger partial charge in [0.05, 0.1) is 5.69 Å². The van der Waals surface area contributed by atoms with Gasteiger partial charge in [0.15, 0.2) is 0 Å². The van der Waals surface area contributed by atoms with Gasteiger partial charge in [0.2, 0.25) is 0 Å². The van der Waals surface area contributed by atoms with Crippen LogP contribution < -0.4 is 4.90 Å². The predicted molar refractivity (Wildman–Crippen MR) is 72.8 cm³/mol. The Morgan fingerprint density at radius 1 is 1.11 bits per heavy atom. The van der Waals surface area contributed by atoms with E-state index in [0.717, 1.165) is 4.90 Å². The second kappa shape index (κ2) is 5.23. The quantitative estimate of drug-likeness (QED) is 0.822. The highest BCUT2D eigenvalue weighted by Gasteiger charge is 2.15. The number of carbonyl (C=O) groups excluding carboxylic acids is 1. The van der Waals surface area contributed by atoms with E-state index in [4.69, 9.17) is 0 Å². The number of hydrogen-bond acceptors (Lipinski definition) is 2. The van der Waals surface area contributed by atoms with E-state index < -0.39 is 5.82 Å². The van der Waals surface area contributed by atoms with Crippen LogP contribution in [0.15, 0.2) is 53.4 Å². The molecule has 0 N–H and O–H groups in total. The number of anilines is 1. The lowest BCUT2D eigenvalue weighted by atomic mass is 10.2. The third-order valence-electron chi connectivity index (χ3n) is 2.63. The van der Waals surface area contributed by atoms with Crippen LogP contribution in [0.5, 0.6) is 0 Å². The Kier molecular flexibility index (Phi) is 3.67. The zero-order valence-corrected chi connectivity index (χ0v) is 10.7. The zero-order chi connectivity index (χ0) is 13.1. The molecule has 0 saturated heterocycles. The van der Waals surface area contributed by atoms with Gasteiger partial charge in [-0.2, -0.15) is 0 Å². The molecule has 0 unspecified atom stereocenters. The van der Waals surface area contributed by atoms with E-state index in [2.05, 4.69) is 12.6 Å². The van der Waals surface area contributed by atoms with Crippen LogP contribution in [-0.2, 0) is 0 Å². The van der Waals surface area contributed by atoms with E-state index in [9.17, 15) is 9.18 Å². The zero-order valence-electron chi connectivity index (χ0n) is 9.80. The number of benzene rings is 2. The number of nitrogens with zero attached hydrogens (tertiary/aromatic N) is 1. The molecule has 0 heterocycles. The van der Waals surface area contributed by atoms with Crippen molar-refractivity contribution in [1.29, 1.82) is 0 Å². The fourth-order valence-corrected chi connectivity index (χ4v) is 1.78. The number of hydrogen-bond donors (Lipinski definition) is 1. The molecule has 0 aliphatic carbocycles. The highest BCUT2D eigenvalue weighted by Crippen LogP contribution is 2.19. The molecular weight excluding hydrogens is 249 g/mol. The van der Waals surface area contributed by atoms with E-state index in [1.807, 2.05) is 0 Å². The molecule has 0 aliphatic rings. The average Bonchev–Trinajstić information content (AvgIpc) is 2.38. The van der Waals surface area contributed by atoms with Gasteiger partial charge in [0.25, 0.3) is 5.91 Å². The molecule has 0 aromatic heterocycles.